The van der Waals surface area contributed by atoms with Crippen LogP contribution in [-0.4, -0.2) is 34.6 Å². The molecule has 0 spiro atoms. The van der Waals surface area contributed by atoms with Crippen molar-refractivity contribution < 1.29 is 26.4 Å². The third-order valence-electron chi connectivity index (χ3n) is 5.40. The molecule has 206 valence electrons. The zero-order valence-corrected chi connectivity index (χ0v) is 22.3. The zero-order chi connectivity index (χ0) is 29.3. The van der Waals surface area contributed by atoms with Crippen LogP contribution in [0.25, 0.3) is 16.8 Å². The van der Waals surface area contributed by atoms with Crippen LogP contribution in [0.4, 0.5) is 19.0 Å². The van der Waals surface area contributed by atoms with Gasteiger partial charge in [-0.25, -0.2) is 22.8 Å². The molecule has 40 heavy (non-hydrogen) atoms. The summed E-state index contributed by atoms with van der Waals surface area (Å²) in [5, 5.41) is 15.1. The molecule has 0 aliphatic rings. The minimum atomic E-state index is -4.80. The molecule has 2 heterocycles. The first-order valence-corrected chi connectivity index (χ1v) is 13.2. The summed E-state index contributed by atoms with van der Waals surface area (Å²) in [7, 11) is -3.71. The Morgan fingerprint density at radius 2 is 1.65 bits per heavy atom. The maximum absolute atomic E-state index is 13.4. The van der Waals surface area contributed by atoms with E-state index in [0.29, 0.717) is 17.2 Å². The number of benzene rings is 2. The van der Waals surface area contributed by atoms with Crippen molar-refractivity contribution in [3.8, 4) is 22.9 Å². The highest BCUT2D eigenvalue weighted by Gasteiger charge is 2.36. The van der Waals surface area contributed by atoms with Crippen LogP contribution >= 0.6 is 0 Å². The van der Waals surface area contributed by atoms with Crippen molar-refractivity contribution in [1.29, 1.82) is 5.26 Å². The molecule has 4 aromatic rings. The number of nitriles is 1. The van der Waals surface area contributed by atoms with Gasteiger partial charge < -0.3 is 5.32 Å². The highest BCUT2D eigenvalue weighted by Crippen LogP contribution is 2.30. The number of carbonyl (C=O) groups is 1. The third-order valence-corrected chi connectivity index (χ3v) is 7.17. The number of carbonyl (C=O) groups excluding carboxylic acids is 1. The number of nitrogens with zero attached hydrogens (tertiary/aromatic N) is 4. The van der Waals surface area contributed by atoms with Crippen molar-refractivity contribution in [3.63, 3.8) is 0 Å². The van der Waals surface area contributed by atoms with Gasteiger partial charge in [0.15, 0.2) is 5.69 Å². The van der Waals surface area contributed by atoms with E-state index in [4.69, 9.17) is 5.26 Å². The van der Waals surface area contributed by atoms with Crippen LogP contribution in [0.2, 0.25) is 0 Å². The van der Waals surface area contributed by atoms with E-state index in [0.717, 1.165) is 4.68 Å². The second-order valence-electron chi connectivity index (χ2n) is 9.75. The zero-order valence-electron chi connectivity index (χ0n) is 21.5. The molecule has 2 aromatic heterocycles. The summed E-state index contributed by atoms with van der Waals surface area (Å²) in [6.45, 7) is 5.21. The number of halogens is 3. The Bertz CT molecular complexity index is 1700. The Balaban J connectivity index is 1.56. The predicted molar refractivity (Wildman–Crippen MR) is 141 cm³/mol. The van der Waals surface area contributed by atoms with Gasteiger partial charge in [0.05, 0.1) is 22.2 Å². The van der Waals surface area contributed by atoms with Gasteiger partial charge >= 0.3 is 6.18 Å². The number of alkyl halides is 3. The Kier molecular flexibility index (Phi) is 7.51. The number of nitrogens with one attached hydrogen (secondary N) is 2. The third kappa shape index (κ3) is 6.53. The predicted octanol–water partition coefficient (Wildman–Crippen LogP) is 5.15. The van der Waals surface area contributed by atoms with Crippen molar-refractivity contribution >= 4 is 21.7 Å². The molecule has 0 aliphatic carbocycles. The lowest BCUT2D eigenvalue weighted by Crippen LogP contribution is -2.40. The first-order valence-electron chi connectivity index (χ1n) is 11.8. The molecule has 0 aliphatic heterocycles. The van der Waals surface area contributed by atoms with E-state index in [1.54, 1.807) is 39.0 Å². The Morgan fingerprint density at radius 3 is 2.23 bits per heavy atom. The van der Waals surface area contributed by atoms with E-state index in [1.807, 2.05) is 6.07 Å². The average molecular weight is 569 g/mol. The number of rotatable bonds is 6. The fraction of sp³-hybridized carbons (Fsp3) is 0.185. The summed E-state index contributed by atoms with van der Waals surface area (Å²) in [5.41, 5.74) is -0.768. The molecule has 4 rings (SSSR count). The van der Waals surface area contributed by atoms with E-state index in [-0.39, 0.29) is 22.0 Å². The Hall–Kier alpha value is -4.54. The van der Waals surface area contributed by atoms with Gasteiger partial charge in [-0.3, -0.25) is 4.79 Å². The highest BCUT2D eigenvalue weighted by atomic mass is 32.2. The number of pyridine rings is 1. The molecule has 2 N–H and O–H groups in total. The number of sulfonamides is 1. The molecular formula is C27H23F3N6O3S. The second-order valence-corrected chi connectivity index (χ2v) is 11.4. The molecule has 0 unspecified atom stereocenters. The second kappa shape index (κ2) is 10.6. The first-order chi connectivity index (χ1) is 18.7. The van der Waals surface area contributed by atoms with Crippen molar-refractivity contribution in [3.05, 3.63) is 89.9 Å². The molecule has 0 bridgehead atoms. The van der Waals surface area contributed by atoms with Crippen molar-refractivity contribution in [2.45, 2.75) is 37.4 Å². The molecule has 9 nitrogen and oxygen atoms in total. The van der Waals surface area contributed by atoms with Crippen LogP contribution in [0.15, 0.2) is 77.8 Å². The SMILES string of the molecule is CC(C)(C)NS(=O)(=O)c1ccc(-c2ccc(NC(=O)c3cc(C(F)(F)F)nn3-c3cccc(C#N)c3)nc2)cc1. The van der Waals surface area contributed by atoms with Gasteiger partial charge in [-0.05, 0) is 68.8 Å². The average Bonchev–Trinajstić information content (AvgIpc) is 3.35. The van der Waals surface area contributed by atoms with Gasteiger partial charge in [0, 0.05) is 23.4 Å². The van der Waals surface area contributed by atoms with Crippen LogP contribution in [0.3, 0.4) is 0 Å². The van der Waals surface area contributed by atoms with E-state index >= 15 is 0 Å². The smallest absolute Gasteiger partial charge is 0.305 e. The molecule has 0 saturated heterocycles. The maximum atomic E-state index is 13.4. The summed E-state index contributed by atoms with van der Waals surface area (Å²) in [5.74, 6) is -0.832. The molecular weight excluding hydrogens is 545 g/mol. The monoisotopic (exact) mass is 568 g/mol. The summed E-state index contributed by atoms with van der Waals surface area (Å²) < 4.78 is 68.6. The maximum Gasteiger partial charge on any atom is 0.435 e. The largest absolute Gasteiger partial charge is 0.435 e. The molecule has 0 atom stereocenters. The fourth-order valence-corrected chi connectivity index (χ4v) is 5.11. The lowest BCUT2D eigenvalue weighted by Gasteiger charge is -2.20. The van der Waals surface area contributed by atoms with Gasteiger partial charge in [0.2, 0.25) is 10.0 Å². The van der Waals surface area contributed by atoms with E-state index in [9.17, 15) is 26.4 Å². The lowest BCUT2D eigenvalue weighted by molar-refractivity contribution is -0.141. The number of hydrogen-bond acceptors (Lipinski definition) is 6. The van der Waals surface area contributed by atoms with E-state index in [2.05, 4.69) is 20.1 Å². The summed E-state index contributed by atoms with van der Waals surface area (Å²) in [6, 6.07) is 17.4. The van der Waals surface area contributed by atoms with Gasteiger partial charge in [-0.2, -0.15) is 23.5 Å². The van der Waals surface area contributed by atoms with Gasteiger partial charge in [0.1, 0.15) is 11.5 Å². The standard InChI is InChI=1S/C27H23F3N6O3S/c1-26(2,3)35-40(38,39)21-10-7-18(8-11-21)19-9-12-24(32-16-19)33-25(37)22-14-23(27(28,29)30)34-36(22)20-6-4-5-17(13-20)15-31/h4-14,16,35H,1-3H3,(H,32,33,37). The normalized spacial score (nSPS) is 12.1. The van der Waals surface area contributed by atoms with Gasteiger partial charge in [-0.1, -0.05) is 18.2 Å². The quantitative estimate of drug-likeness (QED) is 0.331. The fourth-order valence-electron chi connectivity index (χ4n) is 3.69. The molecule has 0 radical (unpaired) electrons. The number of hydrogen-bond donors (Lipinski definition) is 2. The van der Waals surface area contributed by atoms with Gasteiger partial charge in [0.25, 0.3) is 5.91 Å². The van der Waals surface area contributed by atoms with Crippen LogP contribution in [0, 0.1) is 11.3 Å². The highest BCUT2D eigenvalue weighted by molar-refractivity contribution is 7.89. The number of amides is 1. The van der Waals surface area contributed by atoms with Crippen LogP contribution < -0.4 is 10.0 Å². The molecule has 1 amide bonds. The molecule has 0 fully saturated rings. The number of anilines is 1. The van der Waals surface area contributed by atoms with E-state index < -0.39 is 39.0 Å². The Morgan fingerprint density at radius 1 is 0.975 bits per heavy atom. The van der Waals surface area contributed by atoms with Crippen LogP contribution in [0.1, 0.15) is 42.5 Å². The summed E-state index contributed by atoms with van der Waals surface area (Å²) >= 11 is 0. The summed E-state index contributed by atoms with van der Waals surface area (Å²) in [6.07, 6.45) is -3.37. The molecule has 0 saturated carbocycles. The van der Waals surface area contributed by atoms with Crippen molar-refractivity contribution in [1.82, 2.24) is 19.5 Å². The Labute approximate surface area is 228 Å². The molecule has 13 heteroatoms. The first kappa shape index (κ1) is 28.5. The molecule has 2 aromatic carbocycles. The van der Waals surface area contributed by atoms with Crippen molar-refractivity contribution in [2.24, 2.45) is 0 Å². The van der Waals surface area contributed by atoms with Crippen LogP contribution in [0.5, 0.6) is 0 Å². The van der Waals surface area contributed by atoms with Crippen LogP contribution in [-0.2, 0) is 16.2 Å². The minimum absolute atomic E-state index is 0.0643. The lowest BCUT2D eigenvalue weighted by atomic mass is 10.1. The van der Waals surface area contributed by atoms with Crippen molar-refractivity contribution in [2.75, 3.05) is 5.32 Å². The number of aromatic nitrogens is 3. The van der Waals surface area contributed by atoms with E-state index in [1.165, 1.54) is 48.7 Å². The minimum Gasteiger partial charge on any atom is -0.305 e. The van der Waals surface area contributed by atoms with Gasteiger partial charge in [-0.15, -0.1) is 0 Å². The summed E-state index contributed by atoms with van der Waals surface area (Å²) in [4.78, 5) is 17.2. The topological polar surface area (TPSA) is 130 Å².